The zero-order chi connectivity index (χ0) is 10.4. The number of hydrogen-bond acceptors (Lipinski definition) is 2. The van der Waals surface area contributed by atoms with Gasteiger partial charge in [0.2, 0.25) is 0 Å². The van der Waals surface area contributed by atoms with Gasteiger partial charge in [-0.2, -0.15) is 12.6 Å². The Morgan fingerprint density at radius 3 is 2.50 bits per heavy atom. The molecular formula is C12H22OS. The monoisotopic (exact) mass is 214 g/mol. The normalized spacial score (nSPS) is 44.6. The van der Waals surface area contributed by atoms with Gasteiger partial charge in [-0.25, -0.2) is 0 Å². The van der Waals surface area contributed by atoms with E-state index in [0.29, 0.717) is 16.9 Å². The molecule has 0 aromatic heterocycles. The molecule has 0 N–H and O–H groups in total. The van der Waals surface area contributed by atoms with E-state index in [1.807, 2.05) is 0 Å². The molecule has 2 rings (SSSR count). The van der Waals surface area contributed by atoms with Gasteiger partial charge in [-0.3, -0.25) is 0 Å². The van der Waals surface area contributed by atoms with Gasteiger partial charge < -0.3 is 4.74 Å². The fraction of sp³-hybridized carbons (Fsp3) is 1.00. The maximum Gasteiger partial charge on any atom is 0.0637 e. The summed E-state index contributed by atoms with van der Waals surface area (Å²) in [7, 11) is 0. The van der Waals surface area contributed by atoms with Crippen LogP contribution in [0.4, 0.5) is 0 Å². The topological polar surface area (TPSA) is 9.23 Å². The third-order valence-corrected chi connectivity index (χ3v) is 5.31. The smallest absolute Gasteiger partial charge is 0.0637 e. The van der Waals surface area contributed by atoms with Crippen LogP contribution in [-0.2, 0) is 4.74 Å². The Morgan fingerprint density at radius 2 is 2.07 bits per heavy atom. The summed E-state index contributed by atoms with van der Waals surface area (Å²) in [5.41, 5.74) is 0.898. The second kappa shape index (κ2) is 3.41. The highest BCUT2D eigenvalue weighted by atomic mass is 32.1. The zero-order valence-corrected chi connectivity index (χ0v) is 10.4. The summed E-state index contributed by atoms with van der Waals surface area (Å²) in [5.74, 6) is 1.73. The summed E-state index contributed by atoms with van der Waals surface area (Å²) in [5, 5.41) is 0. The molecule has 3 atom stereocenters. The summed E-state index contributed by atoms with van der Waals surface area (Å²) in [6.07, 6.45) is 4.52. The van der Waals surface area contributed by atoms with Crippen molar-refractivity contribution in [3.8, 4) is 0 Å². The van der Waals surface area contributed by atoms with Crippen LogP contribution in [0.3, 0.4) is 0 Å². The van der Waals surface area contributed by atoms with Gasteiger partial charge in [-0.1, -0.05) is 20.8 Å². The average molecular weight is 214 g/mol. The van der Waals surface area contributed by atoms with Gasteiger partial charge >= 0.3 is 0 Å². The first-order valence-electron chi connectivity index (χ1n) is 5.75. The summed E-state index contributed by atoms with van der Waals surface area (Å²) in [6.45, 7) is 8.08. The Bertz CT molecular complexity index is 226. The molecule has 0 radical (unpaired) electrons. The molecule has 82 valence electrons. The van der Waals surface area contributed by atoms with Crippen LogP contribution < -0.4 is 0 Å². The SMILES string of the molecule is CC1(C)C2CCC1(C)C(OCCS)C2. The standard InChI is InChI=1S/C12H22OS/c1-11(2)9-4-5-12(11,3)10(8-9)13-6-7-14/h9-10,14H,4-8H2,1-3H3. The van der Waals surface area contributed by atoms with E-state index in [2.05, 4.69) is 33.4 Å². The lowest BCUT2D eigenvalue weighted by molar-refractivity contribution is -0.0402. The van der Waals surface area contributed by atoms with Gasteiger partial charge in [0.15, 0.2) is 0 Å². The van der Waals surface area contributed by atoms with E-state index in [9.17, 15) is 0 Å². The molecule has 3 unspecified atom stereocenters. The van der Waals surface area contributed by atoms with E-state index in [0.717, 1.165) is 18.3 Å². The quantitative estimate of drug-likeness (QED) is 0.710. The Labute approximate surface area is 93.0 Å². The van der Waals surface area contributed by atoms with Crippen LogP contribution in [-0.4, -0.2) is 18.5 Å². The van der Waals surface area contributed by atoms with Gasteiger partial charge in [-0.15, -0.1) is 0 Å². The van der Waals surface area contributed by atoms with E-state index in [-0.39, 0.29) is 0 Å². The molecule has 0 saturated heterocycles. The van der Waals surface area contributed by atoms with Crippen LogP contribution in [0, 0.1) is 16.7 Å². The largest absolute Gasteiger partial charge is 0.377 e. The minimum absolute atomic E-state index is 0.417. The molecule has 0 aromatic carbocycles. The first-order valence-corrected chi connectivity index (χ1v) is 6.38. The van der Waals surface area contributed by atoms with Crippen molar-refractivity contribution in [2.45, 2.75) is 46.1 Å². The van der Waals surface area contributed by atoms with Gasteiger partial charge in [0.25, 0.3) is 0 Å². The van der Waals surface area contributed by atoms with E-state index < -0.39 is 0 Å². The highest BCUT2D eigenvalue weighted by Crippen LogP contribution is 2.66. The average Bonchev–Trinajstić information content (AvgIpc) is 2.46. The predicted octanol–water partition coefficient (Wildman–Crippen LogP) is 3.15. The first-order chi connectivity index (χ1) is 6.52. The summed E-state index contributed by atoms with van der Waals surface area (Å²) < 4.78 is 5.95. The van der Waals surface area contributed by atoms with Crippen molar-refractivity contribution in [2.75, 3.05) is 12.4 Å². The van der Waals surface area contributed by atoms with Crippen molar-refractivity contribution < 1.29 is 4.74 Å². The highest BCUT2D eigenvalue weighted by molar-refractivity contribution is 7.80. The van der Waals surface area contributed by atoms with Crippen LogP contribution in [0.2, 0.25) is 0 Å². The summed E-state index contributed by atoms with van der Waals surface area (Å²) in [4.78, 5) is 0. The number of hydrogen-bond donors (Lipinski definition) is 1. The fourth-order valence-electron chi connectivity index (χ4n) is 3.58. The van der Waals surface area contributed by atoms with E-state index in [1.54, 1.807) is 0 Å². The molecular weight excluding hydrogens is 192 g/mol. The molecule has 0 amide bonds. The Hall–Kier alpha value is 0.310. The zero-order valence-electron chi connectivity index (χ0n) is 9.55. The Morgan fingerprint density at radius 1 is 1.36 bits per heavy atom. The molecule has 2 saturated carbocycles. The molecule has 0 aromatic rings. The number of thiol groups is 1. The lowest BCUT2D eigenvalue weighted by Crippen LogP contribution is -2.37. The van der Waals surface area contributed by atoms with Gasteiger partial charge in [0.05, 0.1) is 12.7 Å². The molecule has 14 heavy (non-hydrogen) atoms. The maximum atomic E-state index is 5.95. The molecule has 2 heteroatoms. The molecule has 2 bridgehead atoms. The number of ether oxygens (including phenoxy) is 1. The third kappa shape index (κ3) is 1.26. The van der Waals surface area contributed by atoms with Crippen LogP contribution in [0.25, 0.3) is 0 Å². The Kier molecular flexibility index (Phi) is 2.64. The van der Waals surface area contributed by atoms with Crippen molar-refractivity contribution in [1.29, 1.82) is 0 Å². The van der Waals surface area contributed by atoms with Crippen molar-refractivity contribution >= 4 is 12.6 Å². The van der Waals surface area contributed by atoms with E-state index in [1.165, 1.54) is 19.3 Å². The molecule has 2 fully saturated rings. The maximum absolute atomic E-state index is 5.95. The minimum atomic E-state index is 0.417. The van der Waals surface area contributed by atoms with Gasteiger partial charge in [0, 0.05) is 5.75 Å². The van der Waals surface area contributed by atoms with Crippen molar-refractivity contribution in [3.05, 3.63) is 0 Å². The molecule has 1 nitrogen and oxygen atoms in total. The Balaban J connectivity index is 2.11. The van der Waals surface area contributed by atoms with E-state index in [4.69, 9.17) is 4.74 Å². The number of rotatable bonds is 3. The lowest BCUT2D eigenvalue weighted by atomic mass is 9.70. The second-order valence-corrected chi connectivity index (χ2v) is 6.14. The van der Waals surface area contributed by atoms with Crippen molar-refractivity contribution in [3.63, 3.8) is 0 Å². The fourth-order valence-corrected chi connectivity index (χ4v) is 3.68. The molecule has 2 aliphatic rings. The van der Waals surface area contributed by atoms with Crippen molar-refractivity contribution in [1.82, 2.24) is 0 Å². The molecule has 2 aliphatic carbocycles. The van der Waals surface area contributed by atoms with Crippen LogP contribution >= 0.6 is 12.6 Å². The van der Waals surface area contributed by atoms with Crippen LogP contribution in [0.5, 0.6) is 0 Å². The van der Waals surface area contributed by atoms with Gasteiger partial charge in [-0.05, 0) is 36.0 Å². The second-order valence-electron chi connectivity index (χ2n) is 5.69. The summed E-state index contributed by atoms with van der Waals surface area (Å²) >= 11 is 4.21. The highest BCUT2D eigenvalue weighted by Gasteiger charge is 2.61. The molecule has 0 aliphatic heterocycles. The van der Waals surface area contributed by atoms with Crippen molar-refractivity contribution in [2.24, 2.45) is 16.7 Å². The first kappa shape index (κ1) is 10.8. The lowest BCUT2D eigenvalue weighted by Gasteiger charge is -2.38. The van der Waals surface area contributed by atoms with E-state index >= 15 is 0 Å². The van der Waals surface area contributed by atoms with Crippen LogP contribution in [0.15, 0.2) is 0 Å². The number of fused-ring (bicyclic) bond motifs is 2. The summed E-state index contributed by atoms with van der Waals surface area (Å²) in [6, 6.07) is 0. The molecule has 0 spiro atoms. The predicted molar refractivity (Wildman–Crippen MR) is 62.8 cm³/mol. The molecule has 0 heterocycles. The minimum Gasteiger partial charge on any atom is -0.377 e. The van der Waals surface area contributed by atoms with Crippen LogP contribution in [0.1, 0.15) is 40.0 Å². The van der Waals surface area contributed by atoms with Gasteiger partial charge in [0.1, 0.15) is 0 Å². The third-order valence-electron chi connectivity index (χ3n) is 5.12.